The Balaban J connectivity index is 1.20. The number of aromatic nitrogens is 2. The quantitative estimate of drug-likeness (QED) is 0.273. The van der Waals surface area contributed by atoms with E-state index in [1.807, 2.05) is 12.1 Å². The summed E-state index contributed by atoms with van der Waals surface area (Å²) < 4.78 is 6.86. The molecule has 0 radical (unpaired) electrons. The Labute approximate surface area is 216 Å². The monoisotopic (exact) mass is 513 g/mol. The average Bonchev–Trinajstić information content (AvgIpc) is 3.57. The van der Waals surface area contributed by atoms with Gasteiger partial charge in [-0.15, -0.1) is 11.8 Å². The summed E-state index contributed by atoms with van der Waals surface area (Å²) in [5, 5.41) is 7.06. The van der Waals surface area contributed by atoms with Crippen LogP contribution >= 0.6 is 23.1 Å². The van der Waals surface area contributed by atoms with Gasteiger partial charge in [0, 0.05) is 25.0 Å². The Hall–Kier alpha value is -2.20. The minimum atomic E-state index is -0.0578. The van der Waals surface area contributed by atoms with E-state index in [9.17, 15) is 4.79 Å². The van der Waals surface area contributed by atoms with Crippen molar-refractivity contribution in [2.75, 3.05) is 31.5 Å². The number of nitrogens with zero attached hydrogens (tertiary/aromatic N) is 3. The largest absolute Gasteiger partial charge is 0.444 e. The second-order valence-electron chi connectivity index (χ2n) is 9.91. The van der Waals surface area contributed by atoms with E-state index in [0.29, 0.717) is 23.2 Å². The van der Waals surface area contributed by atoms with Crippen molar-refractivity contribution in [1.29, 1.82) is 0 Å². The highest BCUT2D eigenvalue weighted by Crippen LogP contribution is 2.31. The van der Waals surface area contributed by atoms with Gasteiger partial charge in [-0.25, -0.2) is 9.97 Å². The predicted molar refractivity (Wildman–Crippen MR) is 143 cm³/mol. The average molecular weight is 514 g/mol. The Morgan fingerprint density at radius 2 is 1.97 bits per heavy atom. The number of hydrogen-bond acceptors (Lipinski definition) is 8. The molecule has 3 heterocycles. The molecule has 35 heavy (non-hydrogen) atoms. The van der Waals surface area contributed by atoms with Gasteiger partial charge in [-0.2, -0.15) is 0 Å². The number of thiazole rings is 1. The minimum absolute atomic E-state index is 0.0544. The summed E-state index contributed by atoms with van der Waals surface area (Å²) in [6, 6.07) is 8.23. The fourth-order valence-electron chi connectivity index (χ4n) is 3.91. The number of thioether (sulfide) groups is 1. The number of oxazole rings is 1. The Morgan fingerprint density at radius 1 is 1.17 bits per heavy atom. The second-order valence-corrected chi connectivity index (χ2v) is 12.2. The number of anilines is 1. The number of rotatable bonds is 11. The molecule has 1 fully saturated rings. The molecule has 1 aliphatic heterocycles. The lowest BCUT2D eigenvalue weighted by Crippen LogP contribution is -2.29. The van der Waals surface area contributed by atoms with Gasteiger partial charge in [-0.05, 0) is 37.1 Å². The van der Waals surface area contributed by atoms with Crippen LogP contribution in [-0.2, 0) is 28.9 Å². The molecule has 188 valence electrons. The summed E-state index contributed by atoms with van der Waals surface area (Å²) in [4.78, 5) is 23.8. The van der Waals surface area contributed by atoms with E-state index in [-0.39, 0.29) is 11.3 Å². The van der Waals surface area contributed by atoms with Crippen LogP contribution in [0.2, 0.25) is 0 Å². The van der Waals surface area contributed by atoms with Crippen LogP contribution in [0.4, 0.5) is 5.13 Å². The number of amides is 1. The molecule has 4 rings (SSSR count). The number of benzene rings is 1. The molecule has 1 saturated heterocycles. The molecule has 0 bridgehead atoms. The summed E-state index contributed by atoms with van der Waals surface area (Å²) in [7, 11) is 0. The molecule has 0 unspecified atom stereocenters. The number of nitrogens with one attached hydrogen (secondary N) is 2. The summed E-state index contributed by atoms with van der Waals surface area (Å²) >= 11 is 3.07. The number of carbonyl (C=O) groups excluding carboxylic acids is 1. The van der Waals surface area contributed by atoms with Crippen molar-refractivity contribution in [1.82, 2.24) is 20.2 Å². The van der Waals surface area contributed by atoms with Crippen molar-refractivity contribution in [2.45, 2.75) is 62.0 Å². The van der Waals surface area contributed by atoms with E-state index in [2.05, 4.69) is 58.4 Å². The standard InChI is InChI=1S/C26H35N5O2S2/c1-26(2,3)21-16-28-23(33-21)18-34-24-17-29-25(35-24)30-22(32)14-19-7-6-8-20(13-19)15-27-9-12-31-10-4-5-11-31/h6-8,13,16-17,27H,4-5,9-12,14-15,18H2,1-3H3,(H,29,30,32). The zero-order valence-electron chi connectivity index (χ0n) is 20.8. The summed E-state index contributed by atoms with van der Waals surface area (Å²) in [5.74, 6) is 2.15. The fraction of sp³-hybridized carbons (Fsp3) is 0.500. The van der Waals surface area contributed by atoms with Gasteiger partial charge in [0.15, 0.2) is 5.13 Å². The zero-order valence-corrected chi connectivity index (χ0v) is 22.4. The molecule has 0 saturated carbocycles. The first-order valence-electron chi connectivity index (χ1n) is 12.2. The van der Waals surface area contributed by atoms with E-state index in [0.717, 1.165) is 35.2 Å². The van der Waals surface area contributed by atoms with E-state index in [4.69, 9.17) is 4.42 Å². The molecule has 3 aromatic rings. The smallest absolute Gasteiger partial charge is 0.230 e. The second kappa shape index (κ2) is 12.2. The molecule has 0 spiro atoms. The molecule has 1 aromatic carbocycles. The highest BCUT2D eigenvalue weighted by Gasteiger charge is 2.19. The van der Waals surface area contributed by atoms with Crippen LogP contribution in [0, 0.1) is 0 Å². The normalized spacial score (nSPS) is 14.5. The fourth-order valence-corrected chi connectivity index (χ4v) is 5.66. The van der Waals surface area contributed by atoms with E-state index < -0.39 is 0 Å². The summed E-state index contributed by atoms with van der Waals surface area (Å²) in [6.07, 6.45) is 6.56. The van der Waals surface area contributed by atoms with Gasteiger partial charge in [0.05, 0.1) is 28.8 Å². The Morgan fingerprint density at radius 3 is 2.74 bits per heavy atom. The molecular formula is C26H35N5O2S2. The van der Waals surface area contributed by atoms with Gasteiger partial charge < -0.3 is 20.0 Å². The molecule has 1 aliphatic rings. The lowest BCUT2D eigenvalue weighted by molar-refractivity contribution is -0.115. The van der Waals surface area contributed by atoms with Crippen molar-refractivity contribution < 1.29 is 9.21 Å². The third-order valence-corrected chi connectivity index (χ3v) is 7.94. The molecule has 7 nitrogen and oxygen atoms in total. The van der Waals surface area contributed by atoms with Crippen molar-refractivity contribution in [3.63, 3.8) is 0 Å². The molecule has 0 atom stereocenters. The highest BCUT2D eigenvalue weighted by molar-refractivity contribution is 8.00. The highest BCUT2D eigenvalue weighted by atomic mass is 32.2. The lowest BCUT2D eigenvalue weighted by Gasteiger charge is -2.14. The van der Waals surface area contributed by atoms with Crippen LogP contribution < -0.4 is 10.6 Å². The summed E-state index contributed by atoms with van der Waals surface area (Å²) in [6.45, 7) is 11.7. The predicted octanol–water partition coefficient (Wildman–Crippen LogP) is 5.09. The third kappa shape index (κ3) is 8.17. The maximum atomic E-state index is 12.6. The van der Waals surface area contributed by atoms with Crippen molar-refractivity contribution in [2.24, 2.45) is 0 Å². The molecule has 0 aliphatic carbocycles. The van der Waals surface area contributed by atoms with Gasteiger partial charge in [0.25, 0.3) is 0 Å². The summed E-state index contributed by atoms with van der Waals surface area (Å²) in [5.41, 5.74) is 2.15. The van der Waals surface area contributed by atoms with Gasteiger partial charge in [0.1, 0.15) is 5.76 Å². The van der Waals surface area contributed by atoms with Gasteiger partial charge in [-0.1, -0.05) is 56.4 Å². The van der Waals surface area contributed by atoms with Crippen molar-refractivity contribution in [3.8, 4) is 0 Å². The molecule has 1 amide bonds. The molecule has 2 aromatic heterocycles. The third-order valence-electron chi connectivity index (χ3n) is 5.85. The number of likely N-dealkylation sites (tertiary alicyclic amines) is 1. The topological polar surface area (TPSA) is 83.3 Å². The molecule has 2 N–H and O–H groups in total. The molecular weight excluding hydrogens is 478 g/mol. The maximum Gasteiger partial charge on any atom is 0.230 e. The van der Waals surface area contributed by atoms with E-state index >= 15 is 0 Å². The van der Waals surface area contributed by atoms with E-state index in [1.165, 1.54) is 42.8 Å². The number of hydrogen-bond donors (Lipinski definition) is 2. The number of carbonyl (C=O) groups is 1. The lowest BCUT2D eigenvalue weighted by atomic mass is 9.94. The minimum Gasteiger partial charge on any atom is -0.444 e. The Bertz CT molecular complexity index is 1100. The van der Waals surface area contributed by atoms with Crippen LogP contribution in [0.1, 0.15) is 56.4 Å². The molecule has 9 heteroatoms. The van der Waals surface area contributed by atoms with Gasteiger partial charge in [-0.3, -0.25) is 4.79 Å². The first-order chi connectivity index (χ1) is 16.8. The maximum absolute atomic E-state index is 12.6. The van der Waals surface area contributed by atoms with Gasteiger partial charge >= 0.3 is 0 Å². The van der Waals surface area contributed by atoms with E-state index in [1.54, 1.807) is 24.2 Å². The van der Waals surface area contributed by atoms with Crippen LogP contribution in [-0.4, -0.2) is 47.0 Å². The first kappa shape index (κ1) is 25.9. The van der Waals surface area contributed by atoms with Crippen molar-refractivity contribution >= 4 is 34.1 Å². The van der Waals surface area contributed by atoms with Gasteiger partial charge in [0.2, 0.25) is 11.8 Å². The Kier molecular flexibility index (Phi) is 8.99. The zero-order chi connectivity index (χ0) is 24.7. The van der Waals surface area contributed by atoms with Crippen LogP contribution in [0.3, 0.4) is 0 Å². The van der Waals surface area contributed by atoms with Crippen LogP contribution in [0.15, 0.2) is 45.3 Å². The van der Waals surface area contributed by atoms with Crippen LogP contribution in [0.5, 0.6) is 0 Å². The first-order valence-corrected chi connectivity index (χ1v) is 14.0. The van der Waals surface area contributed by atoms with Crippen molar-refractivity contribution in [3.05, 3.63) is 59.4 Å². The SMILES string of the molecule is CC(C)(C)c1cnc(CSc2cnc(NC(=O)Cc3cccc(CNCCN4CCCC4)c3)s2)o1. The van der Waals surface area contributed by atoms with Crippen LogP contribution in [0.25, 0.3) is 0 Å².